The summed E-state index contributed by atoms with van der Waals surface area (Å²) in [5.41, 5.74) is 4.07. The van der Waals surface area contributed by atoms with Crippen LogP contribution in [0.3, 0.4) is 0 Å². The van der Waals surface area contributed by atoms with E-state index >= 15 is 0 Å². The minimum absolute atomic E-state index is 0.0744. The predicted molar refractivity (Wildman–Crippen MR) is 129 cm³/mol. The summed E-state index contributed by atoms with van der Waals surface area (Å²) in [5.74, 6) is 0.457. The van der Waals surface area contributed by atoms with E-state index in [9.17, 15) is 9.59 Å². The van der Waals surface area contributed by atoms with Crippen molar-refractivity contribution in [2.45, 2.75) is 19.1 Å². The number of methoxy groups -OCH3 is 1. The molecule has 0 bridgehead atoms. The number of fused-ring (bicyclic) bond motifs is 1. The van der Waals surface area contributed by atoms with Gasteiger partial charge in [0.2, 0.25) is 6.41 Å². The highest BCUT2D eigenvalue weighted by Crippen LogP contribution is 2.35. The molecule has 0 aliphatic rings. The van der Waals surface area contributed by atoms with E-state index in [1.165, 1.54) is 7.11 Å². The van der Waals surface area contributed by atoms with Gasteiger partial charge in [-0.1, -0.05) is 84.9 Å². The predicted octanol–water partition coefficient (Wildman–Crippen LogP) is 5.44. The molecule has 0 aliphatic heterocycles. The van der Waals surface area contributed by atoms with Crippen LogP contribution in [0.2, 0.25) is 0 Å². The van der Waals surface area contributed by atoms with E-state index in [0.29, 0.717) is 13.0 Å². The molecule has 4 aromatic carbocycles. The number of carbonyl (C=O) groups excluding carboxylic acids is 2. The van der Waals surface area contributed by atoms with Crippen molar-refractivity contribution >= 4 is 23.2 Å². The molecule has 5 heteroatoms. The average Bonchev–Trinajstić information content (AvgIpc) is 2.87. The number of benzene rings is 4. The SMILES string of the molecule is COC(=O)CC(NC=O)c1ccc(-c2ccc(OCc3ccccc3)c3ccccc23)cc1. The lowest BCUT2D eigenvalue weighted by Gasteiger charge is -2.16. The minimum Gasteiger partial charge on any atom is -0.488 e. The molecule has 1 atom stereocenters. The summed E-state index contributed by atoms with van der Waals surface area (Å²) in [6.07, 6.45) is 0.675. The third kappa shape index (κ3) is 5.21. The maximum atomic E-state index is 11.7. The van der Waals surface area contributed by atoms with Gasteiger partial charge < -0.3 is 14.8 Å². The molecule has 1 N–H and O–H groups in total. The van der Waals surface area contributed by atoms with Crippen molar-refractivity contribution in [3.63, 3.8) is 0 Å². The van der Waals surface area contributed by atoms with Gasteiger partial charge in [0.15, 0.2) is 0 Å². The van der Waals surface area contributed by atoms with Crippen molar-refractivity contribution in [1.82, 2.24) is 5.32 Å². The first-order valence-electron chi connectivity index (χ1n) is 10.7. The monoisotopic (exact) mass is 439 g/mol. The van der Waals surface area contributed by atoms with E-state index in [1.807, 2.05) is 72.8 Å². The van der Waals surface area contributed by atoms with E-state index < -0.39 is 6.04 Å². The van der Waals surface area contributed by atoms with Crippen molar-refractivity contribution in [3.05, 3.63) is 102 Å². The number of hydrogen-bond donors (Lipinski definition) is 1. The Morgan fingerprint density at radius 1 is 0.879 bits per heavy atom. The van der Waals surface area contributed by atoms with Gasteiger partial charge in [-0.3, -0.25) is 9.59 Å². The van der Waals surface area contributed by atoms with Crippen LogP contribution in [-0.2, 0) is 20.9 Å². The van der Waals surface area contributed by atoms with E-state index in [1.54, 1.807) is 0 Å². The smallest absolute Gasteiger partial charge is 0.307 e. The van der Waals surface area contributed by atoms with Gasteiger partial charge in [0, 0.05) is 5.39 Å². The summed E-state index contributed by atoms with van der Waals surface area (Å²) in [6, 6.07) is 29.7. The summed E-state index contributed by atoms with van der Waals surface area (Å²) >= 11 is 0. The summed E-state index contributed by atoms with van der Waals surface area (Å²) in [7, 11) is 1.34. The number of esters is 1. The Hall–Kier alpha value is -4.12. The highest BCUT2D eigenvalue weighted by atomic mass is 16.5. The van der Waals surface area contributed by atoms with E-state index in [-0.39, 0.29) is 12.4 Å². The van der Waals surface area contributed by atoms with Crippen LogP contribution < -0.4 is 10.1 Å². The number of carbonyl (C=O) groups is 2. The molecule has 0 aromatic heterocycles. The molecule has 166 valence electrons. The van der Waals surface area contributed by atoms with E-state index in [2.05, 4.69) is 23.5 Å². The first kappa shape index (κ1) is 22.1. The van der Waals surface area contributed by atoms with Crippen LogP contribution in [-0.4, -0.2) is 19.5 Å². The number of rotatable bonds is 9. The third-order valence-electron chi connectivity index (χ3n) is 5.61. The zero-order valence-corrected chi connectivity index (χ0v) is 18.4. The zero-order valence-electron chi connectivity index (χ0n) is 18.4. The highest BCUT2D eigenvalue weighted by Gasteiger charge is 2.16. The summed E-state index contributed by atoms with van der Waals surface area (Å²) in [4.78, 5) is 22.7. The summed E-state index contributed by atoms with van der Waals surface area (Å²) in [6.45, 7) is 0.504. The van der Waals surface area contributed by atoms with Crippen LogP contribution in [0.25, 0.3) is 21.9 Å². The Labute approximate surface area is 193 Å². The largest absolute Gasteiger partial charge is 0.488 e. The normalized spacial score (nSPS) is 11.5. The van der Waals surface area contributed by atoms with Gasteiger partial charge in [-0.2, -0.15) is 0 Å². The lowest BCUT2D eigenvalue weighted by atomic mass is 9.95. The fourth-order valence-electron chi connectivity index (χ4n) is 3.88. The molecule has 5 nitrogen and oxygen atoms in total. The third-order valence-corrected chi connectivity index (χ3v) is 5.61. The lowest BCUT2D eigenvalue weighted by Crippen LogP contribution is -2.23. The maximum absolute atomic E-state index is 11.7. The van der Waals surface area contributed by atoms with Crippen molar-refractivity contribution in [1.29, 1.82) is 0 Å². The number of nitrogens with one attached hydrogen (secondary N) is 1. The van der Waals surface area contributed by atoms with Crippen LogP contribution >= 0.6 is 0 Å². The van der Waals surface area contributed by atoms with Crippen molar-refractivity contribution < 1.29 is 19.1 Å². The molecule has 0 spiro atoms. The van der Waals surface area contributed by atoms with Crippen molar-refractivity contribution in [3.8, 4) is 16.9 Å². The van der Waals surface area contributed by atoms with Gasteiger partial charge in [0.25, 0.3) is 0 Å². The van der Waals surface area contributed by atoms with Crippen LogP contribution in [0, 0.1) is 0 Å². The Kier molecular flexibility index (Phi) is 7.00. The number of amides is 1. The molecule has 4 aromatic rings. The molecular formula is C28H25NO4. The zero-order chi connectivity index (χ0) is 23.0. The average molecular weight is 440 g/mol. The van der Waals surface area contributed by atoms with Crippen LogP contribution in [0.4, 0.5) is 0 Å². The molecule has 0 saturated heterocycles. The fraction of sp³-hybridized carbons (Fsp3) is 0.143. The van der Waals surface area contributed by atoms with E-state index in [0.717, 1.165) is 38.8 Å². The molecule has 0 aliphatic carbocycles. The summed E-state index contributed by atoms with van der Waals surface area (Å²) in [5, 5.41) is 4.82. The standard InChI is InChI=1S/C28H25NO4/c1-32-28(31)17-26(29-19-30)22-13-11-21(12-14-22)23-15-16-27(25-10-6-5-9-24(23)25)33-18-20-7-3-2-4-8-20/h2-16,19,26H,17-18H2,1H3,(H,29,30). The molecule has 0 radical (unpaired) electrons. The molecule has 33 heavy (non-hydrogen) atoms. The molecule has 0 fully saturated rings. The Balaban J connectivity index is 1.62. The van der Waals surface area contributed by atoms with Crippen LogP contribution in [0.1, 0.15) is 23.6 Å². The second kappa shape index (κ2) is 10.5. The molecular weight excluding hydrogens is 414 g/mol. The van der Waals surface area contributed by atoms with E-state index in [4.69, 9.17) is 9.47 Å². The van der Waals surface area contributed by atoms with Gasteiger partial charge in [-0.15, -0.1) is 0 Å². The molecule has 4 rings (SSSR count). The molecule has 0 saturated carbocycles. The number of ether oxygens (including phenoxy) is 2. The second-order valence-electron chi connectivity index (χ2n) is 7.67. The van der Waals surface area contributed by atoms with Gasteiger partial charge in [-0.05, 0) is 33.7 Å². The topological polar surface area (TPSA) is 64.6 Å². The molecule has 1 unspecified atom stereocenters. The Morgan fingerprint density at radius 3 is 2.27 bits per heavy atom. The quantitative estimate of drug-likeness (QED) is 0.279. The minimum atomic E-state index is -0.436. The van der Waals surface area contributed by atoms with Crippen molar-refractivity contribution in [2.24, 2.45) is 0 Å². The molecule has 1 amide bonds. The van der Waals surface area contributed by atoms with Crippen LogP contribution in [0.5, 0.6) is 5.75 Å². The van der Waals surface area contributed by atoms with Gasteiger partial charge >= 0.3 is 5.97 Å². The fourth-order valence-corrected chi connectivity index (χ4v) is 3.88. The van der Waals surface area contributed by atoms with Gasteiger partial charge in [0.05, 0.1) is 19.6 Å². The highest BCUT2D eigenvalue weighted by molar-refractivity contribution is 6.00. The van der Waals surface area contributed by atoms with Gasteiger partial charge in [0.1, 0.15) is 12.4 Å². The van der Waals surface area contributed by atoms with Crippen molar-refractivity contribution in [2.75, 3.05) is 7.11 Å². The number of hydrogen-bond acceptors (Lipinski definition) is 4. The molecule has 0 heterocycles. The van der Waals surface area contributed by atoms with Gasteiger partial charge in [-0.25, -0.2) is 0 Å². The van der Waals surface area contributed by atoms with Crippen LogP contribution in [0.15, 0.2) is 91.0 Å². The Bertz CT molecular complexity index is 1240. The lowest BCUT2D eigenvalue weighted by molar-refractivity contribution is -0.141. The maximum Gasteiger partial charge on any atom is 0.307 e. The first-order valence-corrected chi connectivity index (χ1v) is 10.7. The summed E-state index contributed by atoms with van der Waals surface area (Å²) < 4.78 is 10.9. The first-order chi connectivity index (χ1) is 16.2. The second-order valence-corrected chi connectivity index (χ2v) is 7.67. The Morgan fingerprint density at radius 2 is 1.58 bits per heavy atom.